The maximum absolute atomic E-state index is 12.5. The number of hydrogen-bond acceptors (Lipinski definition) is 8. The van der Waals surface area contributed by atoms with E-state index in [9.17, 15) is 9.59 Å². The molecule has 9 atom stereocenters. The van der Waals surface area contributed by atoms with Crippen LogP contribution in [0.3, 0.4) is 0 Å². The molecule has 2 aliphatic heterocycles. The lowest BCUT2D eigenvalue weighted by Crippen LogP contribution is -2.58. The van der Waals surface area contributed by atoms with Crippen LogP contribution in [0.2, 0.25) is 0 Å². The zero-order chi connectivity index (χ0) is 27.7. The monoisotopic (exact) mass is 554 g/mol. The van der Waals surface area contributed by atoms with Crippen molar-refractivity contribution in [3.63, 3.8) is 0 Å². The Labute approximate surface area is 237 Å². The van der Waals surface area contributed by atoms with Crippen LogP contribution in [0, 0.1) is 28.6 Å². The first kappa shape index (κ1) is 27.0. The minimum atomic E-state index is -0.494. The van der Waals surface area contributed by atoms with Gasteiger partial charge in [0.25, 0.3) is 0 Å². The summed E-state index contributed by atoms with van der Waals surface area (Å²) >= 11 is 0. The molecule has 8 nitrogen and oxygen atoms in total. The van der Waals surface area contributed by atoms with Gasteiger partial charge in [-0.2, -0.15) is 0 Å². The Hall–Kier alpha value is -1.90. The minimum absolute atomic E-state index is 0.0358. The molecule has 4 aliphatic carbocycles. The number of nitrogens with zero attached hydrogens (tertiary/aromatic N) is 2. The van der Waals surface area contributed by atoms with Crippen LogP contribution in [0.15, 0.2) is 27.6 Å². The van der Waals surface area contributed by atoms with Gasteiger partial charge in [0.1, 0.15) is 18.3 Å². The van der Waals surface area contributed by atoms with Crippen LogP contribution in [-0.4, -0.2) is 80.1 Å². The van der Waals surface area contributed by atoms with Crippen molar-refractivity contribution in [3.05, 3.63) is 34.4 Å². The maximum atomic E-state index is 12.5. The fourth-order valence-electron chi connectivity index (χ4n) is 10.3. The highest BCUT2D eigenvalue weighted by molar-refractivity contribution is 5.60. The highest BCUT2D eigenvalue weighted by atomic mass is 16.7. The zero-order valence-corrected chi connectivity index (χ0v) is 24.4. The lowest BCUT2D eigenvalue weighted by molar-refractivity contribution is -0.141. The first-order chi connectivity index (χ1) is 19.2. The Morgan fingerprint density at radius 1 is 1.02 bits per heavy atom. The lowest BCUT2D eigenvalue weighted by atomic mass is 9.44. The summed E-state index contributed by atoms with van der Waals surface area (Å²) in [6.07, 6.45) is 10.2. The second kappa shape index (κ2) is 9.84. The molecule has 3 heterocycles. The van der Waals surface area contributed by atoms with Gasteiger partial charge < -0.3 is 23.5 Å². The molecule has 0 N–H and O–H groups in total. The van der Waals surface area contributed by atoms with Crippen molar-refractivity contribution in [2.45, 2.75) is 88.9 Å². The van der Waals surface area contributed by atoms with E-state index in [4.69, 9.17) is 18.6 Å². The van der Waals surface area contributed by atoms with Crippen molar-refractivity contribution in [2.24, 2.45) is 28.6 Å². The summed E-state index contributed by atoms with van der Waals surface area (Å²) < 4.78 is 23.3. The molecule has 1 aromatic heterocycles. The van der Waals surface area contributed by atoms with E-state index in [2.05, 4.69) is 30.7 Å². The number of carbonyl (C=O) groups excluding carboxylic acids is 1. The van der Waals surface area contributed by atoms with E-state index in [-0.39, 0.29) is 28.2 Å². The molecule has 8 heteroatoms. The third kappa shape index (κ3) is 4.18. The van der Waals surface area contributed by atoms with E-state index in [0.717, 1.165) is 70.4 Å². The molecule has 7 rings (SSSR count). The number of rotatable bonds is 5. The Bertz CT molecular complexity index is 1160. The van der Waals surface area contributed by atoms with Crippen LogP contribution in [0.4, 0.5) is 4.79 Å². The Morgan fingerprint density at radius 2 is 1.85 bits per heavy atom. The smallest absolute Gasteiger partial charge is 0.433 e. The molecule has 0 unspecified atom stereocenters. The first-order valence-electron chi connectivity index (χ1n) is 15.7. The van der Waals surface area contributed by atoms with Crippen molar-refractivity contribution in [3.8, 4) is 0 Å². The third-order valence-electron chi connectivity index (χ3n) is 12.7. The van der Waals surface area contributed by atoms with Crippen molar-refractivity contribution in [1.82, 2.24) is 9.80 Å². The van der Waals surface area contributed by atoms with E-state index in [1.807, 2.05) is 6.07 Å². The second-order valence-corrected chi connectivity index (χ2v) is 14.3. The topological polar surface area (TPSA) is 84.8 Å². The molecule has 0 amide bonds. The zero-order valence-electron chi connectivity index (χ0n) is 24.4. The number of likely N-dealkylation sites (N-methyl/N-ethyl adjacent to an activating group) is 1. The first-order valence-corrected chi connectivity index (χ1v) is 15.7. The van der Waals surface area contributed by atoms with Crippen LogP contribution in [0.1, 0.15) is 76.7 Å². The van der Waals surface area contributed by atoms with Gasteiger partial charge in [0.15, 0.2) is 0 Å². The van der Waals surface area contributed by atoms with Crippen LogP contribution < -0.4 is 5.63 Å². The number of carbonyl (C=O) groups is 1. The molecular weight excluding hydrogens is 508 g/mol. The molecule has 2 saturated heterocycles. The van der Waals surface area contributed by atoms with Gasteiger partial charge in [0, 0.05) is 44.2 Å². The molecule has 6 aliphatic rings. The summed E-state index contributed by atoms with van der Waals surface area (Å²) in [4.78, 5) is 28.8. The summed E-state index contributed by atoms with van der Waals surface area (Å²) in [5.41, 5.74) is 1.18. The molecule has 6 fully saturated rings. The molecule has 0 aromatic carbocycles. The molecule has 0 radical (unpaired) electrons. The average molecular weight is 555 g/mol. The maximum Gasteiger partial charge on any atom is 0.508 e. The van der Waals surface area contributed by atoms with Crippen LogP contribution >= 0.6 is 0 Å². The SMILES string of the molecule is CN1CCN(CCOC(=O)O[C@H]2CC[C@@]3(C)[C@H](CC[C@@H]4[C@@H]3CC[C@]3(C)[C@@H](c5ccc(=O)oc5)C[C@H]5O[C@]453)C2)CC1. The summed E-state index contributed by atoms with van der Waals surface area (Å²) in [5, 5.41) is 0. The Morgan fingerprint density at radius 3 is 2.62 bits per heavy atom. The minimum Gasteiger partial charge on any atom is -0.433 e. The van der Waals surface area contributed by atoms with E-state index >= 15 is 0 Å². The van der Waals surface area contributed by atoms with Crippen molar-refractivity contribution in [2.75, 3.05) is 46.4 Å². The largest absolute Gasteiger partial charge is 0.508 e. The number of epoxide rings is 1. The van der Waals surface area contributed by atoms with Gasteiger partial charge in [-0.05, 0) is 99.1 Å². The number of ether oxygens (including phenoxy) is 3. The Balaban J connectivity index is 0.967. The van der Waals surface area contributed by atoms with E-state index in [1.165, 1.54) is 19.3 Å². The van der Waals surface area contributed by atoms with Crippen LogP contribution in [-0.2, 0) is 14.2 Å². The number of piperazine rings is 1. The molecule has 0 bridgehead atoms. The van der Waals surface area contributed by atoms with Gasteiger partial charge in [-0.25, -0.2) is 9.59 Å². The average Bonchev–Trinajstić information content (AvgIpc) is 3.60. The summed E-state index contributed by atoms with van der Waals surface area (Å²) in [6, 6.07) is 3.54. The number of fused-ring (bicyclic) bond motifs is 3. The lowest BCUT2D eigenvalue weighted by Gasteiger charge is -2.61. The van der Waals surface area contributed by atoms with Gasteiger partial charge in [-0.3, -0.25) is 4.90 Å². The summed E-state index contributed by atoms with van der Waals surface area (Å²) in [6.45, 7) is 10.3. The van der Waals surface area contributed by atoms with E-state index in [1.54, 1.807) is 12.3 Å². The second-order valence-electron chi connectivity index (χ2n) is 14.3. The molecular formula is C32H46N2O6. The molecule has 4 saturated carbocycles. The highest BCUT2D eigenvalue weighted by Crippen LogP contribution is 2.78. The van der Waals surface area contributed by atoms with Crippen LogP contribution in [0.25, 0.3) is 0 Å². The summed E-state index contributed by atoms with van der Waals surface area (Å²) in [7, 11) is 2.15. The summed E-state index contributed by atoms with van der Waals surface area (Å²) in [5.74, 6) is 2.18. The molecule has 1 aromatic rings. The van der Waals surface area contributed by atoms with Gasteiger partial charge in [0.2, 0.25) is 0 Å². The highest BCUT2D eigenvalue weighted by Gasteiger charge is 2.80. The van der Waals surface area contributed by atoms with E-state index < -0.39 is 6.16 Å². The Kier molecular flexibility index (Phi) is 6.63. The van der Waals surface area contributed by atoms with Gasteiger partial charge >= 0.3 is 11.8 Å². The standard InChI is InChI=1S/C32H46N2O6/c1-30-10-8-23(39-29(36)37-17-16-34-14-12-33(3)13-15-34)18-22(30)5-6-25-24(30)9-11-31(2)26(19-27-32(25,31)40-27)21-4-7-28(35)38-20-21/h4,7,20,22-27H,5-6,8-19H2,1-3H3/t22-,23+,24+,25-,26-,27-,30+,31-,32-/m1/s1. The fourth-order valence-corrected chi connectivity index (χ4v) is 10.3. The third-order valence-corrected chi connectivity index (χ3v) is 12.7. The van der Waals surface area contributed by atoms with Gasteiger partial charge in [0.05, 0.1) is 12.4 Å². The predicted molar refractivity (Wildman–Crippen MR) is 149 cm³/mol. The van der Waals surface area contributed by atoms with Crippen molar-refractivity contribution >= 4 is 6.16 Å². The predicted octanol–water partition coefficient (Wildman–Crippen LogP) is 4.67. The van der Waals surface area contributed by atoms with Crippen LogP contribution in [0.5, 0.6) is 0 Å². The van der Waals surface area contributed by atoms with Crippen molar-refractivity contribution < 1.29 is 23.4 Å². The quantitative estimate of drug-likeness (QED) is 0.384. The van der Waals surface area contributed by atoms with E-state index in [0.29, 0.717) is 36.4 Å². The van der Waals surface area contributed by atoms with Gasteiger partial charge in [-0.1, -0.05) is 13.8 Å². The van der Waals surface area contributed by atoms with Crippen molar-refractivity contribution in [1.29, 1.82) is 0 Å². The van der Waals surface area contributed by atoms with Gasteiger partial charge in [-0.15, -0.1) is 0 Å². The number of hydrogen-bond donors (Lipinski definition) is 0. The fraction of sp³-hybridized carbons (Fsp3) is 0.812. The molecule has 1 spiro atoms. The molecule has 40 heavy (non-hydrogen) atoms. The normalized spacial score (nSPS) is 44.6. The molecule has 220 valence electrons.